The van der Waals surface area contributed by atoms with Crippen LogP contribution in [0.2, 0.25) is 0 Å². The summed E-state index contributed by atoms with van der Waals surface area (Å²) in [5.74, 6) is -0.540. The minimum atomic E-state index is -0.557. The van der Waals surface area contributed by atoms with Crippen molar-refractivity contribution in [2.24, 2.45) is 0 Å². The van der Waals surface area contributed by atoms with Gasteiger partial charge in [-0.2, -0.15) is 0 Å². The number of nitrogens with one attached hydrogen (secondary N) is 1. The number of carbonyl (C=O) groups is 1. The molecule has 8 nitrogen and oxygen atoms in total. The molecule has 4 aromatic rings. The minimum Gasteiger partial charge on any atom is -0.320 e. The SMILES string of the molecule is O=C(CSc1nc2ccc(Br)cc2c(=O)n1-c1ccccc1)Nc1ccccc1[N+](=O)[O-]. The van der Waals surface area contributed by atoms with E-state index in [-0.39, 0.29) is 22.7 Å². The number of rotatable bonds is 6. The first-order valence-electron chi connectivity index (χ1n) is 9.38. The quantitative estimate of drug-likeness (QED) is 0.173. The molecule has 0 radical (unpaired) electrons. The number of hydrogen-bond acceptors (Lipinski definition) is 6. The number of nitro groups is 1. The number of hydrogen-bond donors (Lipinski definition) is 1. The number of anilines is 1. The largest absolute Gasteiger partial charge is 0.320 e. The van der Waals surface area contributed by atoms with Crippen molar-refractivity contribution in [3.05, 3.63) is 97.7 Å². The summed E-state index contributed by atoms with van der Waals surface area (Å²) in [5, 5.41) is 14.5. The van der Waals surface area contributed by atoms with E-state index in [2.05, 4.69) is 26.2 Å². The van der Waals surface area contributed by atoms with Crippen molar-refractivity contribution in [3.8, 4) is 5.69 Å². The van der Waals surface area contributed by atoms with Crippen LogP contribution in [0.15, 0.2) is 87.2 Å². The maximum Gasteiger partial charge on any atom is 0.292 e. The van der Waals surface area contributed by atoms with Crippen molar-refractivity contribution in [1.82, 2.24) is 9.55 Å². The molecular formula is C22H15BrN4O4S. The van der Waals surface area contributed by atoms with Crippen LogP contribution in [0.1, 0.15) is 0 Å². The molecule has 0 saturated carbocycles. The van der Waals surface area contributed by atoms with Crippen LogP contribution in [0.5, 0.6) is 0 Å². The Hall–Kier alpha value is -3.50. The lowest BCUT2D eigenvalue weighted by Gasteiger charge is -2.13. The maximum atomic E-state index is 13.3. The van der Waals surface area contributed by atoms with E-state index in [0.29, 0.717) is 21.7 Å². The topological polar surface area (TPSA) is 107 Å². The molecular weight excluding hydrogens is 496 g/mol. The molecule has 3 aromatic carbocycles. The first kappa shape index (κ1) is 21.7. The van der Waals surface area contributed by atoms with Crippen molar-refractivity contribution in [3.63, 3.8) is 0 Å². The summed E-state index contributed by atoms with van der Waals surface area (Å²) in [5.41, 5.74) is 0.783. The molecule has 0 unspecified atom stereocenters. The van der Waals surface area contributed by atoms with E-state index in [4.69, 9.17) is 0 Å². The normalized spacial score (nSPS) is 10.8. The number of halogens is 1. The Morgan fingerprint density at radius 1 is 1.09 bits per heavy atom. The smallest absolute Gasteiger partial charge is 0.292 e. The van der Waals surface area contributed by atoms with Gasteiger partial charge in [-0.3, -0.25) is 24.3 Å². The number of para-hydroxylation sites is 3. The number of fused-ring (bicyclic) bond motifs is 1. The second-order valence-electron chi connectivity index (χ2n) is 6.64. The molecule has 160 valence electrons. The molecule has 1 heterocycles. The summed E-state index contributed by atoms with van der Waals surface area (Å²) in [6, 6.07) is 20.2. The number of nitro benzene ring substituents is 1. The van der Waals surface area contributed by atoms with Crippen LogP contribution < -0.4 is 10.9 Å². The molecule has 4 rings (SSSR count). The van der Waals surface area contributed by atoms with Gasteiger partial charge in [-0.25, -0.2) is 4.98 Å². The number of amides is 1. The standard InChI is InChI=1S/C22H15BrN4O4S/c23-14-10-11-17-16(12-14)21(29)26(15-6-2-1-3-7-15)22(25-17)32-13-20(28)24-18-8-4-5-9-19(18)27(30)31/h1-12H,13H2,(H,24,28). The number of benzene rings is 3. The Balaban J connectivity index is 1.67. The fraction of sp³-hybridized carbons (Fsp3) is 0.0455. The summed E-state index contributed by atoms with van der Waals surface area (Å²) < 4.78 is 2.21. The van der Waals surface area contributed by atoms with Gasteiger partial charge >= 0.3 is 0 Å². The highest BCUT2D eigenvalue weighted by molar-refractivity contribution is 9.10. The Morgan fingerprint density at radius 3 is 2.56 bits per heavy atom. The highest BCUT2D eigenvalue weighted by Gasteiger charge is 2.18. The first-order chi connectivity index (χ1) is 15.4. The van der Waals surface area contributed by atoms with E-state index in [1.807, 2.05) is 18.2 Å². The number of thioether (sulfide) groups is 1. The Kier molecular flexibility index (Phi) is 6.33. The van der Waals surface area contributed by atoms with Gasteiger partial charge in [-0.15, -0.1) is 0 Å². The third kappa shape index (κ3) is 4.56. The van der Waals surface area contributed by atoms with Gasteiger partial charge in [0.1, 0.15) is 5.69 Å². The van der Waals surface area contributed by atoms with Crippen LogP contribution in [0, 0.1) is 10.1 Å². The third-order valence-electron chi connectivity index (χ3n) is 4.52. The Labute approximate surface area is 194 Å². The molecule has 1 N–H and O–H groups in total. The molecule has 0 aliphatic heterocycles. The van der Waals surface area contributed by atoms with Crippen molar-refractivity contribution in [2.75, 3.05) is 11.1 Å². The predicted molar refractivity (Wildman–Crippen MR) is 127 cm³/mol. The lowest BCUT2D eigenvalue weighted by atomic mass is 10.2. The monoisotopic (exact) mass is 510 g/mol. The first-order valence-corrected chi connectivity index (χ1v) is 11.2. The van der Waals surface area contributed by atoms with Crippen LogP contribution >= 0.6 is 27.7 Å². The zero-order chi connectivity index (χ0) is 22.7. The molecule has 10 heteroatoms. The van der Waals surface area contributed by atoms with Gasteiger partial charge < -0.3 is 5.32 Å². The highest BCUT2D eigenvalue weighted by atomic mass is 79.9. The average Bonchev–Trinajstić information content (AvgIpc) is 2.79. The van der Waals surface area contributed by atoms with Crippen LogP contribution in [-0.4, -0.2) is 26.1 Å². The maximum absolute atomic E-state index is 13.3. The summed E-state index contributed by atoms with van der Waals surface area (Å²) in [6.45, 7) is 0. The fourth-order valence-electron chi connectivity index (χ4n) is 3.09. The van der Waals surface area contributed by atoms with Gasteiger partial charge in [-0.05, 0) is 36.4 Å². The average molecular weight is 511 g/mol. The van der Waals surface area contributed by atoms with E-state index >= 15 is 0 Å². The summed E-state index contributed by atoms with van der Waals surface area (Å²) >= 11 is 4.46. The molecule has 0 aliphatic rings. The zero-order valence-corrected chi connectivity index (χ0v) is 18.8. The second-order valence-corrected chi connectivity index (χ2v) is 8.50. The van der Waals surface area contributed by atoms with Crippen molar-refractivity contribution in [2.45, 2.75) is 5.16 Å². The van der Waals surface area contributed by atoms with Crippen LogP contribution in [0.25, 0.3) is 16.6 Å². The van der Waals surface area contributed by atoms with Crippen LogP contribution in [-0.2, 0) is 4.79 Å². The lowest BCUT2D eigenvalue weighted by molar-refractivity contribution is -0.383. The highest BCUT2D eigenvalue weighted by Crippen LogP contribution is 2.25. The van der Waals surface area contributed by atoms with Gasteiger partial charge in [0.15, 0.2) is 5.16 Å². The lowest BCUT2D eigenvalue weighted by Crippen LogP contribution is -2.23. The van der Waals surface area contributed by atoms with E-state index in [1.165, 1.54) is 22.8 Å². The van der Waals surface area contributed by atoms with E-state index in [0.717, 1.165) is 16.2 Å². The zero-order valence-electron chi connectivity index (χ0n) is 16.4. The van der Waals surface area contributed by atoms with Gasteiger partial charge in [0.05, 0.1) is 27.3 Å². The molecule has 32 heavy (non-hydrogen) atoms. The van der Waals surface area contributed by atoms with Crippen molar-refractivity contribution >= 4 is 55.9 Å². The fourth-order valence-corrected chi connectivity index (χ4v) is 4.27. The third-order valence-corrected chi connectivity index (χ3v) is 5.95. The van der Waals surface area contributed by atoms with Gasteiger partial charge in [-0.1, -0.05) is 58.0 Å². The Bertz CT molecular complexity index is 1390. The number of aromatic nitrogens is 2. The minimum absolute atomic E-state index is 0.0899. The van der Waals surface area contributed by atoms with Crippen LogP contribution in [0.4, 0.5) is 11.4 Å². The predicted octanol–water partition coefficient (Wildman–Crippen LogP) is 4.79. The molecule has 0 saturated heterocycles. The Morgan fingerprint density at radius 2 is 1.81 bits per heavy atom. The van der Waals surface area contributed by atoms with Crippen molar-refractivity contribution in [1.29, 1.82) is 0 Å². The molecule has 1 aromatic heterocycles. The van der Waals surface area contributed by atoms with E-state index in [1.54, 1.807) is 36.4 Å². The van der Waals surface area contributed by atoms with Gasteiger partial charge in [0.25, 0.3) is 11.2 Å². The second kappa shape index (κ2) is 9.33. The molecule has 1 amide bonds. The molecule has 0 spiro atoms. The van der Waals surface area contributed by atoms with E-state index in [9.17, 15) is 19.7 Å². The molecule has 0 atom stereocenters. The van der Waals surface area contributed by atoms with Gasteiger partial charge in [0.2, 0.25) is 5.91 Å². The number of carbonyl (C=O) groups excluding carboxylic acids is 1. The summed E-state index contributed by atoms with van der Waals surface area (Å²) in [6.07, 6.45) is 0. The van der Waals surface area contributed by atoms with Crippen molar-refractivity contribution < 1.29 is 9.72 Å². The van der Waals surface area contributed by atoms with Crippen LogP contribution in [0.3, 0.4) is 0 Å². The van der Waals surface area contributed by atoms with Gasteiger partial charge in [0, 0.05) is 10.5 Å². The summed E-state index contributed by atoms with van der Waals surface area (Å²) in [4.78, 5) is 41.0. The number of nitrogens with zero attached hydrogens (tertiary/aromatic N) is 3. The van der Waals surface area contributed by atoms with E-state index < -0.39 is 10.8 Å². The molecule has 0 aliphatic carbocycles. The summed E-state index contributed by atoms with van der Waals surface area (Å²) in [7, 11) is 0. The molecule has 0 fully saturated rings. The molecule has 0 bridgehead atoms.